The highest BCUT2D eigenvalue weighted by molar-refractivity contribution is 6.33. The highest BCUT2D eigenvalue weighted by Gasteiger charge is 2.24. The van der Waals surface area contributed by atoms with Crippen molar-refractivity contribution in [2.24, 2.45) is 0 Å². The molecular formula is C13H17ClN2O2. The van der Waals surface area contributed by atoms with Gasteiger partial charge in [0.2, 0.25) is 0 Å². The van der Waals surface area contributed by atoms with E-state index in [0.29, 0.717) is 16.3 Å². The third-order valence-corrected chi connectivity index (χ3v) is 3.51. The third kappa shape index (κ3) is 2.76. The summed E-state index contributed by atoms with van der Waals surface area (Å²) >= 11 is 5.89. The molecule has 1 aliphatic rings. The molecule has 0 aliphatic carbocycles. The van der Waals surface area contributed by atoms with Gasteiger partial charge in [0.1, 0.15) is 0 Å². The molecule has 0 bridgehead atoms. The quantitative estimate of drug-likeness (QED) is 0.826. The summed E-state index contributed by atoms with van der Waals surface area (Å²) in [6, 6.07) is 5.01. The lowest BCUT2D eigenvalue weighted by Crippen LogP contribution is -2.41. The Balaban J connectivity index is 2.05. The molecule has 1 aromatic carbocycles. The Morgan fingerprint density at radius 1 is 1.61 bits per heavy atom. The van der Waals surface area contributed by atoms with E-state index < -0.39 is 0 Å². The largest absolute Gasteiger partial charge is 0.397 e. The van der Waals surface area contributed by atoms with E-state index in [0.717, 1.165) is 19.4 Å². The standard InChI is InChI=1S/C13H17ClN2O2/c1-8(11-6-3-7-18-11)16-13(17)9-4-2-5-10(14)12(9)15/h2,4-5,8,11H,3,6-7,15H2,1H3,(H,16,17). The van der Waals surface area contributed by atoms with Crippen molar-refractivity contribution in [3.63, 3.8) is 0 Å². The first-order valence-corrected chi connectivity index (χ1v) is 6.44. The zero-order chi connectivity index (χ0) is 13.1. The molecule has 0 aromatic heterocycles. The van der Waals surface area contributed by atoms with Crippen LogP contribution in [0, 0.1) is 0 Å². The summed E-state index contributed by atoms with van der Waals surface area (Å²) in [5.41, 5.74) is 6.51. The van der Waals surface area contributed by atoms with E-state index in [1.54, 1.807) is 18.2 Å². The lowest BCUT2D eigenvalue weighted by Gasteiger charge is -2.20. The van der Waals surface area contributed by atoms with E-state index in [-0.39, 0.29) is 18.1 Å². The van der Waals surface area contributed by atoms with Crippen LogP contribution in [0.2, 0.25) is 5.02 Å². The first-order valence-electron chi connectivity index (χ1n) is 6.06. The number of halogens is 1. The minimum absolute atomic E-state index is 0.0293. The number of nitrogen functional groups attached to an aromatic ring is 1. The van der Waals surface area contributed by atoms with Gasteiger partial charge in [-0.1, -0.05) is 17.7 Å². The van der Waals surface area contributed by atoms with Crippen LogP contribution in [0.3, 0.4) is 0 Å². The monoisotopic (exact) mass is 268 g/mol. The van der Waals surface area contributed by atoms with E-state index >= 15 is 0 Å². The number of carbonyl (C=O) groups excluding carboxylic acids is 1. The Kier molecular flexibility index (Phi) is 4.09. The van der Waals surface area contributed by atoms with Crippen LogP contribution in [0.25, 0.3) is 0 Å². The maximum absolute atomic E-state index is 12.1. The summed E-state index contributed by atoms with van der Waals surface area (Å²) in [5.74, 6) is -0.210. The van der Waals surface area contributed by atoms with E-state index in [1.807, 2.05) is 6.92 Å². The molecule has 1 amide bonds. The normalized spacial score (nSPS) is 20.7. The summed E-state index contributed by atoms with van der Waals surface area (Å²) in [6.45, 7) is 2.71. The minimum Gasteiger partial charge on any atom is -0.397 e. The van der Waals surface area contributed by atoms with Gasteiger partial charge in [0.25, 0.3) is 5.91 Å². The van der Waals surface area contributed by atoms with Crippen molar-refractivity contribution in [2.75, 3.05) is 12.3 Å². The molecule has 1 heterocycles. The van der Waals surface area contributed by atoms with Crippen LogP contribution < -0.4 is 11.1 Å². The molecule has 5 heteroatoms. The maximum Gasteiger partial charge on any atom is 0.253 e. The molecule has 18 heavy (non-hydrogen) atoms. The number of anilines is 1. The summed E-state index contributed by atoms with van der Waals surface area (Å²) in [6.07, 6.45) is 2.12. The van der Waals surface area contributed by atoms with Crippen LogP contribution in [-0.2, 0) is 4.74 Å². The lowest BCUT2D eigenvalue weighted by atomic mass is 10.1. The van der Waals surface area contributed by atoms with Crippen molar-refractivity contribution in [3.8, 4) is 0 Å². The second kappa shape index (κ2) is 5.59. The topological polar surface area (TPSA) is 64.4 Å². The summed E-state index contributed by atoms with van der Waals surface area (Å²) < 4.78 is 5.53. The number of hydrogen-bond acceptors (Lipinski definition) is 3. The minimum atomic E-state index is -0.210. The lowest BCUT2D eigenvalue weighted by molar-refractivity contribution is 0.0713. The van der Waals surface area contributed by atoms with Crippen molar-refractivity contribution in [1.29, 1.82) is 0 Å². The Bertz CT molecular complexity index is 445. The fraction of sp³-hybridized carbons (Fsp3) is 0.462. The second-order valence-corrected chi connectivity index (χ2v) is 4.92. The first kappa shape index (κ1) is 13.2. The summed E-state index contributed by atoms with van der Waals surface area (Å²) in [7, 11) is 0. The number of nitrogens with one attached hydrogen (secondary N) is 1. The number of para-hydroxylation sites is 1. The van der Waals surface area contributed by atoms with Gasteiger partial charge in [0.05, 0.1) is 28.4 Å². The molecule has 3 N–H and O–H groups in total. The van der Waals surface area contributed by atoms with Gasteiger partial charge in [0.15, 0.2) is 0 Å². The molecule has 98 valence electrons. The number of hydrogen-bond donors (Lipinski definition) is 2. The van der Waals surface area contributed by atoms with E-state index in [1.165, 1.54) is 0 Å². The molecule has 0 saturated carbocycles. The molecule has 1 saturated heterocycles. The zero-order valence-electron chi connectivity index (χ0n) is 10.3. The Morgan fingerprint density at radius 3 is 3.06 bits per heavy atom. The van der Waals surface area contributed by atoms with Crippen LogP contribution in [0.15, 0.2) is 18.2 Å². The number of carbonyl (C=O) groups is 1. The fourth-order valence-corrected chi connectivity index (χ4v) is 2.28. The average Bonchev–Trinajstić information content (AvgIpc) is 2.86. The van der Waals surface area contributed by atoms with Gasteiger partial charge in [0, 0.05) is 6.61 Å². The second-order valence-electron chi connectivity index (χ2n) is 4.51. The molecule has 1 aliphatic heterocycles. The van der Waals surface area contributed by atoms with Crippen molar-refractivity contribution >= 4 is 23.2 Å². The maximum atomic E-state index is 12.1. The first-order chi connectivity index (χ1) is 8.59. The Hall–Kier alpha value is -1.26. The number of amides is 1. The molecule has 1 fully saturated rings. The van der Waals surface area contributed by atoms with Crippen LogP contribution in [-0.4, -0.2) is 24.7 Å². The molecular weight excluding hydrogens is 252 g/mol. The number of nitrogens with two attached hydrogens (primary N) is 1. The third-order valence-electron chi connectivity index (χ3n) is 3.18. The molecule has 0 radical (unpaired) electrons. The predicted octanol–water partition coefficient (Wildman–Crippen LogP) is 2.22. The fourth-order valence-electron chi connectivity index (χ4n) is 2.11. The predicted molar refractivity (Wildman–Crippen MR) is 71.8 cm³/mol. The molecule has 2 unspecified atom stereocenters. The smallest absolute Gasteiger partial charge is 0.253 e. The van der Waals surface area contributed by atoms with Crippen molar-refractivity contribution in [3.05, 3.63) is 28.8 Å². The Labute approximate surface area is 111 Å². The summed E-state index contributed by atoms with van der Waals surface area (Å²) in [5, 5.41) is 3.30. The SMILES string of the molecule is CC(NC(=O)c1cccc(Cl)c1N)C1CCCO1. The van der Waals surface area contributed by atoms with Crippen molar-refractivity contribution in [1.82, 2.24) is 5.32 Å². The Morgan fingerprint density at radius 2 is 2.39 bits per heavy atom. The molecule has 2 rings (SSSR count). The van der Waals surface area contributed by atoms with Crippen LogP contribution in [0.1, 0.15) is 30.1 Å². The molecule has 0 spiro atoms. The van der Waals surface area contributed by atoms with E-state index in [2.05, 4.69) is 5.32 Å². The zero-order valence-corrected chi connectivity index (χ0v) is 11.0. The highest BCUT2D eigenvalue weighted by Crippen LogP contribution is 2.23. The van der Waals surface area contributed by atoms with E-state index in [9.17, 15) is 4.79 Å². The highest BCUT2D eigenvalue weighted by atomic mass is 35.5. The van der Waals surface area contributed by atoms with Gasteiger partial charge in [-0.15, -0.1) is 0 Å². The van der Waals surface area contributed by atoms with Crippen molar-refractivity contribution in [2.45, 2.75) is 31.9 Å². The van der Waals surface area contributed by atoms with Crippen LogP contribution in [0.5, 0.6) is 0 Å². The van der Waals surface area contributed by atoms with Crippen LogP contribution in [0.4, 0.5) is 5.69 Å². The van der Waals surface area contributed by atoms with Crippen LogP contribution >= 0.6 is 11.6 Å². The van der Waals surface area contributed by atoms with E-state index in [4.69, 9.17) is 22.1 Å². The summed E-state index contributed by atoms with van der Waals surface area (Å²) in [4.78, 5) is 12.1. The van der Waals surface area contributed by atoms with Gasteiger partial charge in [-0.25, -0.2) is 0 Å². The number of benzene rings is 1. The van der Waals surface area contributed by atoms with Gasteiger partial charge < -0.3 is 15.8 Å². The number of ether oxygens (including phenoxy) is 1. The van der Waals surface area contributed by atoms with Gasteiger partial charge in [-0.05, 0) is 31.9 Å². The number of rotatable bonds is 3. The molecule has 2 atom stereocenters. The molecule has 4 nitrogen and oxygen atoms in total. The van der Waals surface area contributed by atoms with Crippen molar-refractivity contribution < 1.29 is 9.53 Å². The molecule has 1 aromatic rings. The average molecular weight is 269 g/mol. The van der Waals surface area contributed by atoms with Gasteiger partial charge in [-0.2, -0.15) is 0 Å². The van der Waals surface area contributed by atoms with Gasteiger partial charge in [-0.3, -0.25) is 4.79 Å². The van der Waals surface area contributed by atoms with Gasteiger partial charge >= 0.3 is 0 Å².